The van der Waals surface area contributed by atoms with E-state index < -0.39 is 18.4 Å². The van der Waals surface area contributed by atoms with Gasteiger partial charge < -0.3 is 0 Å². The van der Waals surface area contributed by atoms with Crippen LogP contribution in [0.2, 0.25) is 17.7 Å². The van der Waals surface area contributed by atoms with Crippen molar-refractivity contribution in [1.82, 2.24) is 0 Å². The molecule has 0 saturated heterocycles. The predicted molar refractivity (Wildman–Crippen MR) is 95.2 cm³/mol. The monoisotopic (exact) mass is 392 g/mol. The van der Waals surface area contributed by atoms with E-state index in [0.717, 1.165) is 12.3 Å². The van der Waals surface area contributed by atoms with E-state index >= 15 is 0 Å². The minimum absolute atomic E-state index is 0.113. The van der Waals surface area contributed by atoms with E-state index in [0.29, 0.717) is 0 Å². The second-order valence-corrected chi connectivity index (χ2v) is 21.2. The first-order valence-electron chi connectivity index (χ1n) is 9.17. The summed E-state index contributed by atoms with van der Waals surface area (Å²) in [4.78, 5) is 0. The van der Waals surface area contributed by atoms with Crippen molar-refractivity contribution in [3.05, 3.63) is 0 Å². The Hall–Kier alpha value is 0.759. The molecule has 0 radical (unpaired) electrons. The van der Waals surface area contributed by atoms with E-state index in [-0.39, 0.29) is 6.10 Å². The molecule has 0 saturated carbocycles. The molecular formula is C18H40OSn. The minimum atomic E-state index is -1.94. The summed E-state index contributed by atoms with van der Waals surface area (Å²) < 4.78 is 6.35. The Labute approximate surface area is 132 Å². The molecule has 20 heavy (non-hydrogen) atoms. The van der Waals surface area contributed by atoms with E-state index in [1.165, 1.54) is 43.0 Å². The summed E-state index contributed by atoms with van der Waals surface area (Å²) in [7, 11) is 0. The molecule has 0 aliphatic carbocycles. The van der Waals surface area contributed by atoms with Gasteiger partial charge in [-0.2, -0.15) is 0 Å². The van der Waals surface area contributed by atoms with Crippen LogP contribution in [0, 0.1) is 5.92 Å². The van der Waals surface area contributed by atoms with Crippen LogP contribution in [0.5, 0.6) is 0 Å². The van der Waals surface area contributed by atoms with Gasteiger partial charge in [-0.15, -0.1) is 0 Å². The van der Waals surface area contributed by atoms with Gasteiger partial charge in [-0.3, -0.25) is 0 Å². The predicted octanol–water partition coefficient (Wildman–Crippen LogP) is 6.24. The normalized spacial score (nSPS) is 15.3. The van der Waals surface area contributed by atoms with Crippen molar-refractivity contribution in [1.29, 1.82) is 0 Å². The van der Waals surface area contributed by atoms with Crippen molar-refractivity contribution < 1.29 is 5.11 Å². The van der Waals surface area contributed by atoms with E-state index in [9.17, 15) is 5.11 Å². The van der Waals surface area contributed by atoms with Crippen molar-refractivity contribution in [3.8, 4) is 0 Å². The molecule has 1 nitrogen and oxygen atoms in total. The summed E-state index contributed by atoms with van der Waals surface area (Å²) in [6.07, 6.45) is 9.38. The van der Waals surface area contributed by atoms with Crippen LogP contribution in [0.15, 0.2) is 0 Å². The Morgan fingerprint density at radius 3 is 1.50 bits per heavy atom. The Kier molecular flexibility index (Phi) is 12.8. The molecule has 0 amide bonds. The van der Waals surface area contributed by atoms with Crippen LogP contribution in [0.4, 0.5) is 0 Å². The summed E-state index contributed by atoms with van der Waals surface area (Å²) in [5.41, 5.74) is 0. The standard InChI is InChI=1S/C6H13O.3C4H9.Sn/c1-5(2)4-6(3)7;3*1-3-4-2;/h5-7H,1,4H2,2-3H3;3*1,3-4H2,2H3;/t5-,6-;;;;/m1..../s1. The Balaban J connectivity index is 4.73. The first kappa shape index (κ1) is 20.8. The molecule has 0 heterocycles. The molecule has 0 aromatic carbocycles. The first-order valence-corrected chi connectivity index (χ1v) is 17.2. The Morgan fingerprint density at radius 1 is 0.800 bits per heavy atom. The molecule has 122 valence electrons. The molecular weight excluding hydrogens is 351 g/mol. The van der Waals surface area contributed by atoms with Crippen molar-refractivity contribution in [2.24, 2.45) is 5.92 Å². The topological polar surface area (TPSA) is 20.2 Å². The molecule has 0 aromatic rings. The first-order chi connectivity index (χ1) is 9.49. The van der Waals surface area contributed by atoms with Gasteiger partial charge in [0.1, 0.15) is 0 Å². The Morgan fingerprint density at radius 2 is 1.20 bits per heavy atom. The van der Waals surface area contributed by atoms with Crippen LogP contribution in [0.1, 0.15) is 79.6 Å². The Bertz CT molecular complexity index is 194. The third-order valence-electron chi connectivity index (χ3n) is 4.71. The fraction of sp³-hybridized carbons (Fsp3) is 1.00. The molecule has 0 aliphatic rings. The number of aliphatic hydroxyl groups excluding tert-OH is 1. The second kappa shape index (κ2) is 12.3. The third-order valence-corrected chi connectivity index (χ3v) is 21.3. The molecule has 0 bridgehead atoms. The molecule has 0 rings (SSSR count). The zero-order valence-corrected chi connectivity index (χ0v) is 17.7. The van der Waals surface area contributed by atoms with Crippen molar-refractivity contribution in [3.63, 3.8) is 0 Å². The van der Waals surface area contributed by atoms with Crippen LogP contribution in [0.25, 0.3) is 0 Å². The molecule has 0 aliphatic heterocycles. The van der Waals surface area contributed by atoms with Crippen LogP contribution in [0.3, 0.4) is 0 Å². The summed E-state index contributed by atoms with van der Waals surface area (Å²) in [6.45, 7) is 11.4. The van der Waals surface area contributed by atoms with Gasteiger partial charge in [0, 0.05) is 0 Å². The molecule has 0 fully saturated rings. The molecule has 2 heteroatoms. The van der Waals surface area contributed by atoms with Crippen molar-refractivity contribution >= 4 is 18.4 Å². The van der Waals surface area contributed by atoms with Crippen molar-refractivity contribution in [2.45, 2.75) is 103 Å². The average molecular weight is 391 g/mol. The van der Waals surface area contributed by atoms with Gasteiger partial charge in [0.15, 0.2) is 0 Å². The zero-order valence-electron chi connectivity index (χ0n) is 14.9. The van der Waals surface area contributed by atoms with Gasteiger partial charge in [-0.05, 0) is 0 Å². The van der Waals surface area contributed by atoms with Gasteiger partial charge in [-0.25, -0.2) is 0 Å². The zero-order chi connectivity index (χ0) is 15.4. The fourth-order valence-corrected chi connectivity index (χ4v) is 21.8. The van der Waals surface area contributed by atoms with E-state index in [2.05, 4.69) is 27.7 Å². The van der Waals surface area contributed by atoms with Gasteiger partial charge in [-0.1, -0.05) is 0 Å². The molecule has 0 spiro atoms. The SMILES string of the molecule is CCC[CH2][Sn]([CH2]CCC)([CH2]CCC)[CH2][C@H](C)C[C@@H](C)O. The molecule has 0 aromatic heterocycles. The molecule has 1 N–H and O–H groups in total. The molecule has 2 atom stereocenters. The van der Waals surface area contributed by atoms with Crippen LogP contribution in [-0.2, 0) is 0 Å². The maximum atomic E-state index is 9.67. The summed E-state index contributed by atoms with van der Waals surface area (Å²) in [5.74, 6) is 0.747. The van der Waals surface area contributed by atoms with Crippen LogP contribution >= 0.6 is 0 Å². The van der Waals surface area contributed by atoms with E-state index in [1.807, 2.05) is 6.92 Å². The van der Waals surface area contributed by atoms with Gasteiger partial charge >= 0.3 is 133 Å². The number of rotatable bonds is 13. The number of hydrogen-bond donors (Lipinski definition) is 1. The summed E-state index contributed by atoms with van der Waals surface area (Å²) >= 11 is -1.94. The average Bonchev–Trinajstić information content (AvgIpc) is 2.39. The maximum absolute atomic E-state index is 9.67. The van der Waals surface area contributed by atoms with Gasteiger partial charge in [0.05, 0.1) is 0 Å². The molecule has 0 unspecified atom stereocenters. The second-order valence-electron chi connectivity index (χ2n) is 7.20. The summed E-state index contributed by atoms with van der Waals surface area (Å²) in [6, 6.07) is 0. The van der Waals surface area contributed by atoms with Crippen LogP contribution < -0.4 is 0 Å². The number of hydrogen-bond acceptors (Lipinski definition) is 1. The summed E-state index contributed by atoms with van der Waals surface area (Å²) in [5, 5.41) is 9.67. The van der Waals surface area contributed by atoms with Crippen LogP contribution in [-0.4, -0.2) is 29.6 Å². The van der Waals surface area contributed by atoms with E-state index in [4.69, 9.17) is 0 Å². The van der Waals surface area contributed by atoms with Gasteiger partial charge in [0.25, 0.3) is 0 Å². The third kappa shape index (κ3) is 9.65. The number of aliphatic hydroxyl groups is 1. The van der Waals surface area contributed by atoms with Gasteiger partial charge in [0.2, 0.25) is 0 Å². The quantitative estimate of drug-likeness (QED) is 0.369. The van der Waals surface area contributed by atoms with Crippen molar-refractivity contribution in [2.75, 3.05) is 0 Å². The number of unbranched alkanes of at least 4 members (excludes halogenated alkanes) is 3. The van der Waals surface area contributed by atoms with E-state index in [1.54, 1.807) is 13.3 Å². The fourth-order valence-electron chi connectivity index (χ4n) is 3.74.